The van der Waals surface area contributed by atoms with Crippen molar-refractivity contribution in [2.75, 3.05) is 6.61 Å². The largest absolute Gasteiger partial charge is 0.493 e. The minimum atomic E-state index is 0.0553. The van der Waals surface area contributed by atoms with Crippen LogP contribution in [0, 0.1) is 5.92 Å². The molecule has 2 aromatic carbocycles. The van der Waals surface area contributed by atoms with Crippen molar-refractivity contribution in [3.63, 3.8) is 0 Å². The van der Waals surface area contributed by atoms with Gasteiger partial charge in [0.2, 0.25) is 0 Å². The summed E-state index contributed by atoms with van der Waals surface area (Å²) in [5.74, 6) is 1.32. The molecule has 30 heavy (non-hydrogen) atoms. The molecule has 2 fully saturated rings. The quantitative estimate of drug-likeness (QED) is 0.536. The van der Waals surface area contributed by atoms with Gasteiger partial charge in [0.25, 0.3) is 5.91 Å². The van der Waals surface area contributed by atoms with E-state index in [1.165, 1.54) is 18.2 Å². The monoisotopic (exact) mass is 420 g/mol. The van der Waals surface area contributed by atoms with Crippen LogP contribution < -0.4 is 4.74 Å². The van der Waals surface area contributed by atoms with Gasteiger partial charge in [-0.25, -0.2) is 4.99 Å². The predicted molar refractivity (Wildman–Crippen MR) is 125 cm³/mol. The second kappa shape index (κ2) is 9.52. The van der Waals surface area contributed by atoms with Gasteiger partial charge in [0.05, 0.1) is 17.2 Å². The Morgan fingerprint density at radius 3 is 2.60 bits per heavy atom. The second-order valence-electron chi connectivity index (χ2n) is 7.82. The summed E-state index contributed by atoms with van der Waals surface area (Å²) in [4.78, 5) is 21.1. The lowest BCUT2D eigenvalue weighted by Gasteiger charge is -2.35. The molecule has 4 rings (SSSR count). The van der Waals surface area contributed by atoms with Gasteiger partial charge in [-0.05, 0) is 61.7 Å². The number of thioether (sulfide) groups is 1. The second-order valence-corrected chi connectivity index (χ2v) is 8.82. The van der Waals surface area contributed by atoms with Gasteiger partial charge in [-0.15, -0.1) is 0 Å². The molecule has 2 aliphatic rings. The zero-order valence-corrected chi connectivity index (χ0v) is 18.4. The van der Waals surface area contributed by atoms with E-state index in [2.05, 4.69) is 6.92 Å². The maximum atomic E-state index is 13.5. The van der Waals surface area contributed by atoms with Crippen molar-refractivity contribution in [2.24, 2.45) is 10.9 Å². The van der Waals surface area contributed by atoms with E-state index < -0.39 is 0 Å². The van der Waals surface area contributed by atoms with E-state index in [1.807, 2.05) is 72.5 Å². The summed E-state index contributed by atoms with van der Waals surface area (Å²) >= 11 is 1.47. The van der Waals surface area contributed by atoms with E-state index in [-0.39, 0.29) is 11.9 Å². The van der Waals surface area contributed by atoms with Gasteiger partial charge in [-0.1, -0.05) is 56.2 Å². The van der Waals surface area contributed by atoms with Crippen LogP contribution in [0.3, 0.4) is 0 Å². The zero-order chi connectivity index (χ0) is 20.9. The van der Waals surface area contributed by atoms with Crippen LogP contribution in [0.4, 0.5) is 5.69 Å². The Hall–Kier alpha value is -2.53. The summed E-state index contributed by atoms with van der Waals surface area (Å²) in [6.07, 6.45) is 6.54. The number of carbonyl (C=O) groups excluding carboxylic acids is 1. The molecular formula is C25H28N2O2S. The number of aliphatic imine (C=N–C) groups is 1. The molecule has 1 heterocycles. The number of rotatable bonds is 5. The van der Waals surface area contributed by atoms with Crippen LogP contribution in [-0.2, 0) is 4.79 Å². The molecule has 1 saturated carbocycles. The Kier molecular flexibility index (Phi) is 6.58. The molecule has 1 amide bonds. The van der Waals surface area contributed by atoms with Crippen molar-refractivity contribution < 1.29 is 9.53 Å². The number of carbonyl (C=O) groups is 1. The van der Waals surface area contributed by atoms with Gasteiger partial charge < -0.3 is 4.74 Å². The Bertz CT molecular complexity index is 955. The lowest BCUT2D eigenvalue weighted by molar-refractivity contribution is -0.124. The van der Waals surface area contributed by atoms with Crippen LogP contribution in [-0.4, -0.2) is 28.6 Å². The summed E-state index contributed by atoms with van der Waals surface area (Å²) in [7, 11) is 0. The highest BCUT2D eigenvalue weighted by molar-refractivity contribution is 8.18. The van der Waals surface area contributed by atoms with Gasteiger partial charge in [0.1, 0.15) is 5.75 Å². The fraction of sp³-hybridized carbons (Fsp3) is 0.360. The van der Waals surface area contributed by atoms with Gasteiger partial charge in [-0.2, -0.15) is 0 Å². The standard InChI is InChI=1S/C25H28N2O2S/c1-3-29-22-16-10-8-12-19(22)17-23-24(28)27(21-15-9-7-11-18(21)2)25(30-23)26-20-13-5-4-6-14-20/h4-6,8,10,12-14,16-18,21H,3,7,9,11,15H2,1-2H3/b23-17-,26-25?/t18-,21-/m1/s1. The molecule has 1 aliphatic carbocycles. The van der Waals surface area contributed by atoms with Crippen LogP contribution in [0.2, 0.25) is 0 Å². The van der Waals surface area contributed by atoms with E-state index >= 15 is 0 Å². The minimum absolute atomic E-state index is 0.0553. The SMILES string of the molecule is CCOc1ccccc1/C=C1\SC(=Nc2ccccc2)N([C@@H]2CCCC[C@H]2C)C1=O. The summed E-state index contributed by atoms with van der Waals surface area (Å²) in [5, 5.41) is 0.782. The summed E-state index contributed by atoms with van der Waals surface area (Å²) in [6, 6.07) is 18.0. The highest BCUT2D eigenvalue weighted by atomic mass is 32.2. The van der Waals surface area contributed by atoms with Gasteiger partial charge >= 0.3 is 0 Å². The molecule has 0 bridgehead atoms. The Labute approximate surface area is 183 Å². The number of para-hydroxylation sites is 2. The Morgan fingerprint density at radius 1 is 1.10 bits per heavy atom. The molecule has 0 unspecified atom stereocenters. The third kappa shape index (κ3) is 4.46. The molecule has 156 valence electrons. The molecule has 5 heteroatoms. The maximum absolute atomic E-state index is 13.5. The molecule has 1 aliphatic heterocycles. The van der Waals surface area contributed by atoms with Crippen LogP contribution in [0.5, 0.6) is 5.75 Å². The number of ether oxygens (including phenoxy) is 1. The van der Waals surface area contributed by atoms with Crippen molar-refractivity contribution in [1.82, 2.24) is 4.90 Å². The predicted octanol–water partition coefficient (Wildman–Crippen LogP) is 6.27. The van der Waals surface area contributed by atoms with E-state index in [0.29, 0.717) is 17.4 Å². The van der Waals surface area contributed by atoms with Crippen LogP contribution in [0.25, 0.3) is 6.08 Å². The molecule has 0 N–H and O–H groups in total. The Balaban J connectivity index is 1.72. The topological polar surface area (TPSA) is 41.9 Å². The first-order chi connectivity index (χ1) is 14.7. The van der Waals surface area contributed by atoms with Gasteiger partial charge in [0.15, 0.2) is 5.17 Å². The fourth-order valence-corrected chi connectivity index (χ4v) is 5.21. The van der Waals surface area contributed by atoms with Crippen molar-refractivity contribution >= 4 is 34.6 Å². The average molecular weight is 421 g/mol. The van der Waals surface area contributed by atoms with Crippen molar-refractivity contribution in [2.45, 2.75) is 45.6 Å². The number of hydrogen-bond donors (Lipinski definition) is 0. The third-order valence-corrected chi connectivity index (χ3v) is 6.70. The first kappa shape index (κ1) is 20.7. The lowest BCUT2D eigenvalue weighted by Crippen LogP contribution is -2.44. The lowest BCUT2D eigenvalue weighted by atomic mass is 9.85. The zero-order valence-electron chi connectivity index (χ0n) is 17.6. The number of benzene rings is 2. The first-order valence-electron chi connectivity index (χ1n) is 10.8. The molecule has 0 spiro atoms. The molecule has 0 aromatic heterocycles. The molecule has 1 saturated heterocycles. The highest BCUT2D eigenvalue weighted by Crippen LogP contribution is 2.40. The average Bonchev–Trinajstić information content (AvgIpc) is 3.05. The van der Waals surface area contributed by atoms with E-state index in [4.69, 9.17) is 9.73 Å². The number of hydrogen-bond acceptors (Lipinski definition) is 4. The Morgan fingerprint density at radius 2 is 1.83 bits per heavy atom. The van der Waals surface area contributed by atoms with Crippen LogP contribution >= 0.6 is 11.8 Å². The third-order valence-electron chi connectivity index (χ3n) is 5.72. The smallest absolute Gasteiger partial charge is 0.267 e. The molecule has 2 atom stereocenters. The highest BCUT2D eigenvalue weighted by Gasteiger charge is 2.41. The summed E-state index contributed by atoms with van der Waals surface area (Å²) in [6.45, 7) is 4.82. The van der Waals surface area contributed by atoms with Crippen LogP contribution in [0.15, 0.2) is 64.5 Å². The van der Waals surface area contributed by atoms with E-state index in [0.717, 1.165) is 41.4 Å². The maximum Gasteiger partial charge on any atom is 0.267 e. The number of amidine groups is 1. The fourth-order valence-electron chi connectivity index (χ4n) is 4.18. The molecular weight excluding hydrogens is 392 g/mol. The van der Waals surface area contributed by atoms with Crippen molar-refractivity contribution in [1.29, 1.82) is 0 Å². The van der Waals surface area contributed by atoms with Gasteiger partial charge in [0, 0.05) is 11.6 Å². The van der Waals surface area contributed by atoms with Crippen molar-refractivity contribution in [3.8, 4) is 5.75 Å². The van der Waals surface area contributed by atoms with E-state index in [9.17, 15) is 4.79 Å². The summed E-state index contributed by atoms with van der Waals surface area (Å²) in [5.41, 5.74) is 1.80. The minimum Gasteiger partial charge on any atom is -0.493 e. The van der Waals surface area contributed by atoms with Crippen LogP contribution in [0.1, 0.15) is 45.1 Å². The van der Waals surface area contributed by atoms with Gasteiger partial charge in [-0.3, -0.25) is 9.69 Å². The number of nitrogens with zero attached hydrogens (tertiary/aromatic N) is 2. The normalized spacial score (nSPS) is 24.6. The molecule has 0 radical (unpaired) electrons. The summed E-state index contributed by atoms with van der Waals surface area (Å²) < 4.78 is 5.76. The molecule has 2 aromatic rings. The first-order valence-corrected chi connectivity index (χ1v) is 11.6. The molecule has 4 nitrogen and oxygen atoms in total. The van der Waals surface area contributed by atoms with Crippen molar-refractivity contribution in [3.05, 3.63) is 65.1 Å². The van der Waals surface area contributed by atoms with E-state index in [1.54, 1.807) is 0 Å². The number of amides is 1.